The highest BCUT2D eigenvalue weighted by Crippen LogP contribution is 2.45. The fourth-order valence-corrected chi connectivity index (χ4v) is 5.92. The van der Waals surface area contributed by atoms with Crippen LogP contribution in [-0.2, 0) is 28.1 Å². The number of hydrogen-bond donors (Lipinski definition) is 2. The maximum Gasteiger partial charge on any atom is 0.459 e. The quantitative estimate of drug-likeness (QED) is 0.315. The van der Waals surface area contributed by atoms with Gasteiger partial charge in [-0.1, -0.05) is 31.0 Å². The number of hydrogen-bond acceptors (Lipinski definition) is 9. The van der Waals surface area contributed by atoms with Gasteiger partial charge in [-0.05, 0) is 51.7 Å². The van der Waals surface area contributed by atoms with Crippen molar-refractivity contribution < 1.29 is 32.6 Å². The van der Waals surface area contributed by atoms with E-state index in [0.717, 1.165) is 25.7 Å². The molecule has 4 rings (SSSR count). The number of carbonyl (C=O) groups excluding carboxylic acids is 1. The van der Waals surface area contributed by atoms with Gasteiger partial charge in [0.2, 0.25) is 0 Å². The Morgan fingerprint density at radius 2 is 1.92 bits per heavy atom. The number of H-pyrrole nitrogens is 1. The Kier molecular flexibility index (Phi) is 9.22. The van der Waals surface area contributed by atoms with Crippen LogP contribution in [0.3, 0.4) is 0 Å². The zero-order chi connectivity index (χ0) is 27.3. The summed E-state index contributed by atoms with van der Waals surface area (Å²) in [5, 5.41) is 2.66. The number of rotatable bonds is 11. The summed E-state index contributed by atoms with van der Waals surface area (Å²) in [7, 11) is -4.11. The molecule has 13 heteroatoms. The second-order valence-corrected chi connectivity index (χ2v) is 11.3. The SMILES string of the molecule is Cc1cn([C@H]2CO[C@@H](COP(=O)(NC(C)C(=O)OC(C)C3CCCC3)Oc3ccccc3)O2)c(=O)[nH]c1=O. The summed E-state index contributed by atoms with van der Waals surface area (Å²) in [5.74, 6) is 0.0221. The number of esters is 1. The lowest BCUT2D eigenvalue weighted by Gasteiger charge is -2.25. The Hall–Kier alpha value is -2.76. The zero-order valence-electron chi connectivity index (χ0n) is 21.7. The molecular formula is C25H34N3O9P. The number of nitrogens with zero attached hydrogens (tertiary/aromatic N) is 1. The lowest BCUT2D eigenvalue weighted by atomic mass is 10.0. The van der Waals surface area contributed by atoms with Crippen molar-refractivity contribution in [1.29, 1.82) is 0 Å². The van der Waals surface area contributed by atoms with E-state index in [-0.39, 0.29) is 25.1 Å². The fourth-order valence-electron chi connectivity index (χ4n) is 4.44. The van der Waals surface area contributed by atoms with Crippen molar-refractivity contribution in [2.45, 2.75) is 71.1 Å². The third-order valence-corrected chi connectivity index (χ3v) is 8.25. The summed E-state index contributed by atoms with van der Waals surface area (Å²) < 4.78 is 43.1. The van der Waals surface area contributed by atoms with E-state index in [2.05, 4.69) is 10.1 Å². The molecule has 2 N–H and O–H groups in total. The van der Waals surface area contributed by atoms with Crippen LogP contribution in [0.4, 0.5) is 0 Å². The molecule has 0 spiro atoms. The summed E-state index contributed by atoms with van der Waals surface area (Å²) in [6, 6.07) is 7.40. The second kappa shape index (κ2) is 12.4. The van der Waals surface area contributed by atoms with Gasteiger partial charge in [-0.3, -0.25) is 23.7 Å². The largest absolute Gasteiger partial charge is 0.461 e. The van der Waals surface area contributed by atoms with Gasteiger partial charge in [0.15, 0.2) is 12.5 Å². The molecule has 1 aromatic heterocycles. The third-order valence-electron chi connectivity index (χ3n) is 6.61. The first-order chi connectivity index (χ1) is 18.1. The van der Waals surface area contributed by atoms with Crippen molar-refractivity contribution >= 4 is 13.7 Å². The molecule has 3 unspecified atom stereocenters. The fraction of sp³-hybridized carbons (Fsp3) is 0.560. The number of nitrogens with one attached hydrogen (secondary N) is 2. The first kappa shape index (κ1) is 28.3. The van der Waals surface area contributed by atoms with E-state index < -0.39 is 43.5 Å². The van der Waals surface area contributed by atoms with Gasteiger partial charge in [0.05, 0.1) is 6.61 Å². The molecule has 2 aliphatic rings. The monoisotopic (exact) mass is 551 g/mol. The number of para-hydroxylation sites is 1. The van der Waals surface area contributed by atoms with Crippen LogP contribution < -0.4 is 20.9 Å². The van der Waals surface area contributed by atoms with Gasteiger partial charge in [0.1, 0.15) is 24.5 Å². The highest BCUT2D eigenvalue weighted by Gasteiger charge is 2.37. The number of carbonyl (C=O) groups is 1. The van der Waals surface area contributed by atoms with Crippen molar-refractivity contribution in [2.24, 2.45) is 5.92 Å². The third kappa shape index (κ3) is 7.21. The molecule has 2 aromatic rings. The number of benzene rings is 1. The maximum atomic E-state index is 13.7. The number of aryl methyl sites for hydroxylation is 1. The Morgan fingerprint density at radius 1 is 1.21 bits per heavy atom. The van der Waals surface area contributed by atoms with E-state index in [0.29, 0.717) is 11.5 Å². The molecular weight excluding hydrogens is 517 g/mol. The van der Waals surface area contributed by atoms with Crippen molar-refractivity contribution in [3.8, 4) is 5.75 Å². The molecule has 1 aromatic carbocycles. The number of ether oxygens (including phenoxy) is 3. The van der Waals surface area contributed by atoms with E-state index in [1.54, 1.807) is 37.3 Å². The normalized spacial score (nSPS) is 23.0. The molecule has 208 valence electrons. The topological polar surface area (TPSA) is 147 Å². The smallest absolute Gasteiger partial charge is 0.459 e. The Bertz CT molecular complexity index is 1260. The lowest BCUT2D eigenvalue weighted by Crippen LogP contribution is -2.38. The molecule has 1 aliphatic heterocycles. The first-order valence-electron chi connectivity index (χ1n) is 12.7. The van der Waals surface area contributed by atoms with E-state index in [1.165, 1.54) is 17.7 Å². The van der Waals surface area contributed by atoms with Gasteiger partial charge in [0, 0.05) is 11.8 Å². The van der Waals surface area contributed by atoms with Crippen LogP contribution in [0, 0.1) is 12.8 Å². The lowest BCUT2D eigenvalue weighted by molar-refractivity contribution is -0.152. The molecule has 12 nitrogen and oxygen atoms in total. The van der Waals surface area contributed by atoms with E-state index in [1.807, 2.05) is 6.92 Å². The minimum Gasteiger partial charge on any atom is -0.461 e. The van der Waals surface area contributed by atoms with Crippen LogP contribution in [0.1, 0.15) is 51.3 Å². The van der Waals surface area contributed by atoms with E-state index in [4.69, 9.17) is 23.3 Å². The minimum absolute atomic E-state index is 0.00151. The van der Waals surface area contributed by atoms with Crippen molar-refractivity contribution in [3.05, 3.63) is 62.9 Å². The highest BCUT2D eigenvalue weighted by molar-refractivity contribution is 7.52. The minimum atomic E-state index is -4.11. The predicted octanol–water partition coefficient (Wildman–Crippen LogP) is 3.02. The molecule has 5 atom stereocenters. The Labute approximate surface area is 220 Å². The van der Waals surface area contributed by atoms with Gasteiger partial charge >= 0.3 is 19.4 Å². The molecule has 0 bridgehead atoms. The van der Waals surface area contributed by atoms with Gasteiger partial charge < -0.3 is 18.7 Å². The van der Waals surface area contributed by atoms with Crippen LogP contribution in [-0.4, -0.2) is 47.2 Å². The summed E-state index contributed by atoms with van der Waals surface area (Å²) in [4.78, 5) is 38.8. The predicted molar refractivity (Wildman–Crippen MR) is 137 cm³/mol. The molecule has 1 saturated heterocycles. The van der Waals surface area contributed by atoms with Crippen LogP contribution in [0.15, 0.2) is 46.1 Å². The molecule has 0 radical (unpaired) electrons. The number of aromatic amines is 1. The Balaban J connectivity index is 1.40. The summed E-state index contributed by atoms with van der Waals surface area (Å²) in [5.41, 5.74) is -0.795. The molecule has 38 heavy (non-hydrogen) atoms. The average Bonchev–Trinajstić information content (AvgIpc) is 3.58. The summed E-state index contributed by atoms with van der Waals surface area (Å²) in [6.07, 6.45) is 3.60. The van der Waals surface area contributed by atoms with E-state index >= 15 is 0 Å². The maximum absolute atomic E-state index is 13.7. The molecule has 0 amide bonds. The van der Waals surface area contributed by atoms with Crippen LogP contribution >= 0.6 is 7.75 Å². The molecule has 2 fully saturated rings. The molecule has 1 aliphatic carbocycles. The van der Waals surface area contributed by atoms with Gasteiger partial charge in [-0.2, -0.15) is 5.09 Å². The molecule has 1 saturated carbocycles. The van der Waals surface area contributed by atoms with Crippen LogP contribution in [0.2, 0.25) is 0 Å². The zero-order valence-corrected chi connectivity index (χ0v) is 22.6. The summed E-state index contributed by atoms with van der Waals surface area (Å²) in [6.45, 7) is 4.63. The highest BCUT2D eigenvalue weighted by atomic mass is 31.2. The van der Waals surface area contributed by atoms with Crippen molar-refractivity contribution in [2.75, 3.05) is 13.2 Å². The van der Waals surface area contributed by atoms with Gasteiger partial charge in [0.25, 0.3) is 5.56 Å². The van der Waals surface area contributed by atoms with E-state index in [9.17, 15) is 18.9 Å². The van der Waals surface area contributed by atoms with Gasteiger partial charge in [-0.25, -0.2) is 9.36 Å². The van der Waals surface area contributed by atoms with Crippen molar-refractivity contribution in [3.63, 3.8) is 0 Å². The van der Waals surface area contributed by atoms with Crippen LogP contribution in [0.5, 0.6) is 5.75 Å². The average molecular weight is 552 g/mol. The molecule has 2 heterocycles. The Morgan fingerprint density at radius 3 is 2.63 bits per heavy atom. The number of aromatic nitrogens is 2. The summed E-state index contributed by atoms with van der Waals surface area (Å²) >= 11 is 0. The van der Waals surface area contributed by atoms with Gasteiger partial charge in [-0.15, -0.1) is 0 Å². The second-order valence-electron chi connectivity index (χ2n) is 9.57. The van der Waals surface area contributed by atoms with Crippen LogP contribution in [0.25, 0.3) is 0 Å². The van der Waals surface area contributed by atoms with Crippen molar-refractivity contribution in [1.82, 2.24) is 14.6 Å². The standard InChI is InChI=1S/C25H34N3O9P/c1-16-13-28(25(31)26-23(16)29)21-14-33-22(36-21)15-34-38(32,37-20-11-5-4-6-12-20)27-17(2)24(30)35-18(3)19-9-7-8-10-19/h4-6,11-13,17-19,21-22H,7-10,14-15H2,1-3H3,(H,27,32)(H,26,29,31)/t17?,18?,21-,22-,38?/m1/s1. The first-order valence-corrected chi connectivity index (χ1v) is 14.2.